The van der Waals surface area contributed by atoms with Crippen molar-refractivity contribution in [2.45, 2.75) is 6.42 Å². The van der Waals surface area contributed by atoms with Crippen LogP contribution in [0.4, 0.5) is 5.69 Å². The van der Waals surface area contributed by atoms with E-state index in [-0.39, 0.29) is 5.56 Å². The van der Waals surface area contributed by atoms with Gasteiger partial charge in [-0.2, -0.15) is 5.10 Å². The van der Waals surface area contributed by atoms with Crippen LogP contribution in [0.15, 0.2) is 17.1 Å². The Hall–Kier alpha value is -1.40. The van der Waals surface area contributed by atoms with Crippen LogP contribution in [0.5, 0.6) is 0 Å². The molecule has 6 heteroatoms. The Morgan fingerprint density at radius 2 is 2.15 bits per heavy atom. The summed E-state index contributed by atoms with van der Waals surface area (Å²) in [5, 5.41) is 4.09. The van der Waals surface area contributed by atoms with Crippen LogP contribution in [-0.4, -0.2) is 60.6 Å². The molecule has 20 heavy (non-hydrogen) atoms. The molecule has 0 aromatic carbocycles. The first kappa shape index (κ1) is 13.6. The van der Waals surface area contributed by atoms with Crippen LogP contribution in [0.2, 0.25) is 0 Å². The molecule has 1 aromatic heterocycles. The van der Waals surface area contributed by atoms with Crippen LogP contribution in [0.25, 0.3) is 0 Å². The van der Waals surface area contributed by atoms with Crippen LogP contribution in [-0.2, 0) is 11.8 Å². The van der Waals surface area contributed by atoms with Crippen molar-refractivity contribution in [1.82, 2.24) is 14.7 Å². The third-order valence-electron chi connectivity index (χ3n) is 4.23. The molecule has 3 rings (SSSR count). The summed E-state index contributed by atoms with van der Waals surface area (Å²) in [5.74, 6) is 0.701. The molecule has 0 unspecified atom stereocenters. The number of rotatable bonds is 3. The summed E-state index contributed by atoms with van der Waals surface area (Å²) < 4.78 is 6.79. The molecule has 3 heterocycles. The van der Waals surface area contributed by atoms with Crippen LogP contribution in [0.1, 0.15) is 6.42 Å². The van der Waals surface area contributed by atoms with Gasteiger partial charge in [0.25, 0.3) is 5.56 Å². The van der Waals surface area contributed by atoms with E-state index in [1.807, 2.05) is 0 Å². The minimum absolute atomic E-state index is 0.0481. The highest BCUT2D eigenvalue weighted by atomic mass is 16.5. The highest BCUT2D eigenvalue weighted by Gasteiger charge is 2.23. The van der Waals surface area contributed by atoms with Gasteiger partial charge in [0.05, 0.1) is 18.5 Å². The van der Waals surface area contributed by atoms with Gasteiger partial charge in [-0.25, -0.2) is 4.68 Å². The number of ether oxygens (including phenoxy) is 1. The lowest BCUT2D eigenvalue weighted by molar-refractivity contribution is 0.164. The van der Waals surface area contributed by atoms with Gasteiger partial charge in [0.15, 0.2) is 0 Å². The zero-order chi connectivity index (χ0) is 13.9. The second-order valence-electron chi connectivity index (χ2n) is 5.69. The summed E-state index contributed by atoms with van der Waals surface area (Å²) in [5.41, 5.74) is 0.894. The van der Waals surface area contributed by atoms with Crippen molar-refractivity contribution >= 4 is 5.69 Å². The topological polar surface area (TPSA) is 50.6 Å². The average molecular weight is 278 g/mol. The number of hydrogen-bond acceptors (Lipinski definition) is 5. The number of nitrogens with zero attached hydrogens (tertiary/aromatic N) is 4. The predicted molar refractivity (Wildman–Crippen MR) is 77.1 cm³/mol. The maximum atomic E-state index is 11.6. The van der Waals surface area contributed by atoms with Crippen LogP contribution < -0.4 is 10.5 Å². The molecule has 1 aromatic rings. The Morgan fingerprint density at radius 1 is 1.35 bits per heavy atom. The number of piperazine rings is 1. The molecular weight excluding hydrogens is 256 g/mol. The van der Waals surface area contributed by atoms with E-state index in [9.17, 15) is 4.79 Å². The largest absolute Gasteiger partial charge is 0.381 e. The van der Waals surface area contributed by atoms with Gasteiger partial charge in [0, 0.05) is 52.4 Å². The molecule has 2 fully saturated rings. The second-order valence-corrected chi connectivity index (χ2v) is 5.69. The lowest BCUT2D eigenvalue weighted by Gasteiger charge is -2.36. The molecule has 2 saturated heterocycles. The van der Waals surface area contributed by atoms with Crippen LogP contribution >= 0.6 is 0 Å². The van der Waals surface area contributed by atoms with E-state index >= 15 is 0 Å². The fraction of sp³-hybridized carbons (Fsp3) is 0.714. The molecule has 2 aliphatic heterocycles. The monoisotopic (exact) mass is 278 g/mol. The first-order valence-electron chi connectivity index (χ1n) is 7.31. The van der Waals surface area contributed by atoms with Crippen LogP contribution in [0.3, 0.4) is 0 Å². The Bertz CT molecular complexity index is 502. The zero-order valence-electron chi connectivity index (χ0n) is 12.0. The fourth-order valence-corrected chi connectivity index (χ4v) is 2.91. The van der Waals surface area contributed by atoms with Crippen LogP contribution in [0, 0.1) is 5.92 Å². The third-order valence-corrected chi connectivity index (χ3v) is 4.23. The molecule has 6 nitrogen and oxygen atoms in total. The van der Waals surface area contributed by atoms with Crippen molar-refractivity contribution in [3.8, 4) is 0 Å². The summed E-state index contributed by atoms with van der Waals surface area (Å²) in [7, 11) is 1.67. The average Bonchev–Trinajstić information content (AvgIpc) is 2.96. The van der Waals surface area contributed by atoms with E-state index in [2.05, 4.69) is 14.9 Å². The number of aromatic nitrogens is 2. The molecule has 2 aliphatic rings. The molecule has 0 N–H and O–H groups in total. The van der Waals surface area contributed by atoms with E-state index in [0.29, 0.717) is 5.92 Å². The van der Waals surface area contributed by atoms with E-state index in [1.165, 1.54) is 11.1 Å². The first-order valence-corrected chi connectivity index (χ1v) is 7.31. The van der Waals surface area contributed by atoms with Gasteiger partial charge in [0.2, 0.25) is 0 Å². The van der Waals surface area contributed by atoms with Gasteiger partial charge in [-0.3, -0.25) is 9.69 Å². The van der Waals surface area contributed by atoms with Gasteiger partial charge in [-0.05, 0) is 12.3 Å². The zero-order valence-corrected chi connectivity index (χ0v) is 12.0. The molecule has 0 saturated carbocycles. The van der Waals surface area contributed by atoms with E-state index < -0.39 is 0 Å². The SMILES string of the molecule is Cn1ncc(N2CCN(C[C@@H]3CCOC3)CC2)cc1=O. The molecular formula is C14H22N4O2. The lowest BCUT2D eigenvalue weighted by atomic mass is 10.1. The molecule has 0 bridgehead atoms. The molecule has 0 amide bonds. The van der Waals surface area contributed by atoms with Crippen molar-refractivity contribution in [2.75, 3.05) is 50.8 Å². The summed E-state index contributed by atoms with van der Waals surface area (Å²) in [6.07, 6.45) is 2.97. The van der Waals surface area contributed by atoms with Crippen molar-refractivity contribution in [3.63, 3.8) is 0 Å². The maximum Gasteiger partial charge on any atom is 0.268 e. The van der Waals surface area contributed by atoms with Gasteiger partial charge in [0.1, 0.15) is 0 Å². The standard InChI is InChI=1S/C14H22N4O2/c1-16-14(19)8-13(9-15-16)18-5-3-17(4-6-18)10-12-2-7-20-11-12/h8-9,12H,2-7,10-11H2,1H3/t12-/m0/s1. The van der Waals surface area contributed by atoms with Gasteiger partial charge < -0.3 is 9.64 Å². The third kappa shape index (κ3) is 3.02. The minimum Gasteiger partial charge on any atom is -0.381 e. The Balaban J connectivity index is 1.54. The quantitative estimate of drug-likeness (QED) is 0.775. The van der Waals surface area contributed by atoms with Gasteiger partial charge in [-0.15, -0.1) is 0 Å². The lowest BCUT2D eigenvalue weighted by Crippen LogP contribution is -2.48. The molecule has 0 aliphatic carbocycles. The summed E-state index contributed by atoms with van der Waals surface area (Å²) in [6, 6.07) is 1.67. The van der Waals surface area contributed by atoms with Crippen molar-refractivity contribution in [2.24, 2.45) is 13.0 Å². The predicted octanol–water partition coefficient (Wildman–Crippen LogP) is -0.0612. The van der Waals surface area contributed by atoms with Gasteiger partial charge >= 0.3 is 0 Å². The summed E-state index contributed by atoms with van der Waals surface area (Å²) in [6.45, 7) is 6.99. The smallest absolute Gasteiger partial charge is 0.268 e. The highest BCUT2D eigenvalue weighted by molar-refractivity contribution is 5.43. The van der Waals surface area contributed by atoms with E-state index in [0.717, 1.165) is 51.6 Å². The van der Waals surface area contributed by atoms with Crippen molar-refractivity contribution in [3.05, 3.63) is 22.6 Å². The van der Waals surface area contributed by atoms with E-state index in [4.69, 9.17) is 4.74 Å². The minimum atomic E-state index is -0.0481. The van der Waals surface area contributed by atoms with Crippen molar-refractivity contribution < 1.29 is 4.74 Å². The summed E-state index contributed by atoms with van der Waals surface area (Å²) >= 11 is 0. The Labute approximate surface area is 118 Å². The van der Waals surface area contributed by atoms with Gasteiger partial charge in [-0.1, -0.05) is 0 Å². The summed E-state index contributed by atoms with van der Waals surface area (Å²) in [4.78, 5) is 16.4. The highest BCUT2D eigenvalue weighted by Crippen LogP contribution is 2.17. The maximum absolute atomic E-state index is 11.6. The first-order chi connectivity index (χ1) is 9.72. The second kappa shape index (κ2) is 5.93. The number of anilines is 1. The molecule has 110 valence electrons. The molecule has 0 spiro atoms. The Morgan fingerprint density at radius 3 is 2.80 bits per heavy atom. The number of hydrogen-bond donors (Lipinski definition) is 0. The van der Waals surface area contributed by atoms with Crippen molar-refractivity contribution in [1.29, 1.82) is 0 Å². The fourth-order valence-electron chi connectivity index (χ4n) is 2.91. The van der Waals surface area contributed by atoms with E-state index in [1.54, 1.807) is 19.3 Å². The molecule has 0 radical (unpaired) electrons. The molecule has 1 atom stereocenters. The number of aryl methyl sites for hydroxylation is 1. The normalized spacial score (nSPS) is 24.2. The Kier molecular flexibility index (Phi) is 4.03.